The number of anilines is 2. The molecule has 0 N–H and O–H groups in total. The van der Waals surface area contributed by atoms with Crippen LogP contribution in [0.15, 0.2) is 55.0 Å². The summed E-state index contributed by atoms with van der Waals surface area (Å²) in [6.45, 7) is 11.4. The third kappa shape index (κ3) is 3.52. The second-order valence-corrected chi connectivity index (χ2v) is 8.60. The number of aromatic nitrogens is 4. The molecule has 0 unspecified atom stereocenters. The van der Waals surface area contributed by atoms with Gasteiger partial charge in [-0.05, 0) is 51.5 Å². The molecule has 6 heteroatoms. The van der Waals surface area contributed by atoms with E-state index in [1.54, 1.807) is 6.33 Å². The quantitative estimate of drug-likeness (QED) is 0.497. The summed E-state index contributed by atoms with van der Waals surface area (Å²) in [6, 6.07) is 15.6. The predicted molar refractivity (Wildman–Crippen MR) is 126 cm³/mol. The lowest BCUT2D eigenvalue weighted by atomic mass is 10.1. The Morgan fingerprint density at radius 1 is 0.903 bits per heavy atom. The van der Waals surface area contributed by atoms with Gasteiger partial charge in [-0.15, -0.1) is 0 Å². The van der Waals surface area contributed by atoms with Gasteiger partial charge in [0, 0.05) is 31.4 Å². The zero-order chi connectivity index (χ0) is 21.5. The van der Waals surface area contributed by atoms with Crippen LogP contribution >= 0.6 is 0 Å². The summed E-state index contributed by atoms with van der Waals surface area (Å²) in [5.41, 5.74) is 6.92. The van der Waals surface area contributed by atoms with Crippen LogP contribution in [0.1, 0.15) is 23.6 Å². The second kappa shape index (κ2) is 7.69. The van der Waals surface area contributed by atoms with E-state index < -0.39 is 0 Å². The maximum atomic E-state index is 4.68. The van der Waals surface area contributed by atoms with Crippen molar-refractivity contribution in [2.75, 3.05) is 29.4 Å². The Bertz CT molecular complexity index is 1230. The van der Waals surface area contributed by atoms with Gasteiger partial charge in [0.15, 0.2) is 5.65 Å². The van der Waals surface area contributed by atoms with Gasteiger partial charge in [-0.2, -0.15) is 5.10 Å². The van der Waals surface area contributed by atoms with Gasteiger partial charge in [-0.25, -0.2) is 14.6 Å². The molecule has 1 saturated heterocycles. The van der Waals surface area contributed by atoms with Gasteiger partial charge in [-0.1, -0.05) is 35.4 Å². The average Bonchev–Trinajstić information content (AvgIpc) is 3.18. The Morgan fingerprint density at radius 2 is 1.68 bits per heavy atom. The molecule has 0 radical (unpaired) electrons. The number of rotatable bonds is 3. The van der Waals surface area contributed by atoms with Crippen LogP contribution in [0.25, 0.3) is 16.7 Å². The standard InChI is InChI=1S/C25H28N6/c1-17-5-8-21(9-6-17)30-12-11-29(15-20(30)4)24-22-14-28-31(25(22)27-16-26-24)23-10-7-18(2)13-19(23)3/h5-10,13-14,16,20H,11-12,15H2,1-4H3/t20-/m0/s1. The molecule has 2 aromatic carbocycles. The Hall–Kier alpha value is -3.41. The van der Waals surface area contributed by atoms with Crippen LogP contribution in [0.2, 0.25) is 0 Å². The predicted octanol–water partition coefficient (Wildman–Crippen LogP) is 4.46. The van der Waals surface area contributed by atoms with E-state index in [0.717, 1.165) is 42.2 Å². The first-order chi connectivity index (χ1) is 15.0. The van der Waals surface area contributed by atoms with Crippen molar-refractivity contribution in [1.82, 2.24) is 19.7 Å². The Balaban J connectivity index is 1.45. The monoisotopic (exact) mass is 412 g/mol. The fourth-order valence-corrected chi connectivity index (χ4v) is 4.57. The van der Waals surface area contributed by atoms with Gasteiger partial charge >= 0.3 is 0 Å². The number of piperazine rings is 1. The number of hydrogen-bond acceptors (Lipinski definition) is 5. The van der Waals surface area contributed by atoms with Crippen LogP contribution in [0.4, 0.5) is 11.5 Å². The van der Waals surface area contributed by atoms with Gasteiger partial charge in [0.1, 0.15) is 12.1 Å². The van der Waals surface area contributed by atoms with Gasteiger partial charge in [0.05, 0.1) is 17.3 Å². The zero-order valence-electron chi connectivity index (χ0n) is 18.6. The molecule has 158 valence electrons. The average molecular weight is 413 g/mol. The van der Waals surface area contributed by atoms with E-state index in [4.69, 9.17) is 0 Å². The van der Waals surface area contributed by atoms with Crippen molar-refractivity contribution in [3.8, 4) is 5.69 Å². The maximum absolute atomic E-state index is 4.68. The minimum absolute atomic E-state index is 0.385. The molecule has 1 aliphatic rings. The maximum Gasteiger partial charge on any atom is 0.168 e. The van der Waals surface area contributed by atoms with Gasteiger partial charge in [0.25, 0.3) is 0 Å². The van der Waals surface area contributed by atoms with Gasteiger partial charge < -0.3 is 9.80 Å². The minimum Gasteiger partial charge on any atom is -0.365 e. The highest BCUT2D eigenvalue weighted by molar-refractivity contribution is 5.88. The van der Waals surface area contributed by atoms with Crippen molar-refractivity contribution in [1.29, 1.82) is 0 Å². The van der Waals surface area contributed by atoms with Crippen molar-refractivity contribution in [3.63, 3.8) is 0 Å². The number of hydrogen-bond donors (Lipinski definition) is 0. The third-order valence-electron chi connectivity index (χ3n) is 6.22. The highest BCUT2D eigenvalue weighted by Crippen LogP contribution is 2.29. The molecule has 0 saturated carbocycles. The highest BCUT2D eigenvalue weighted by atomic mass is 15.3. The third-order valence-corrected chi connectivity index (χ3v) is 6.22. The summed E-state index contributed by atoms with van der Waals surface area (Å²) < 4.78 is 1.93. The topological polar surface area (TPSA) is 50.1 Å². The van der Waals surface area contributed by atoms with Crippen LogP contribution in [0, 0.1) is 20.8 Å². The van der Waals surface area contributed by atoms with E-state index in [1.807, 2.05) is 10.9 Å². The lowest BCUT2D eigenvalue weighted by Gasteiger charge is -2.42. The summed E-state index contributed by atoms with van der Waals surface area (Å²) in [7, 11) is 0. The summed E-state index contributed by atoms with van der Waals surface area (Å²) in [5.74, 6) is 0.969. The fraction of sp³-hybridized carbons (Fsp3) is 0.320. The van der Waals surface area contributed by atoms with Gasteiger partial charge in [-0.3, -0.25) is 0 Å². The number of benzene rings is 2. The van der Waals surface area contributed by atoms with Crippen molar-refractivity contribution >= 4 is 22.5 Å². The van der Waals surface area contributed by atoms with Crippen LogP contribution < -0.4 is 9.80 Å². The first-order valence-corrected chi connectivity index (χ1v) is 10.9. The molecule has 5 rings (SSSR count). The number of nitrogens with zero attached hydrogens (tertiary/aromatic N) is 6. The molecule has 0 bridgehead atoms. The van der Waals surface area contributed by atoms with Crippen LogP contribution in [0.3, 0.4) is 0 Å². The lowest BCUT2D eigenvalue weighted by Crippen LogP contribution is -2.52. The minimum atomic E-state index is 0.385. The summed E-state index contributed by atoms with van der Waals surface area (Å²) in [6.07, 6.45) is 3.57. The molecule has 4 aromatic rings. The lowest BCUT2D eigenvalue weighted by molar-refractivity contribution is 0.548. The fourth-order valence-electron chi connectivity index (χ4n) is 4.57. The molecule has 0 aliphatic carbocycles. The number of fused-ring (bicyclic) bond motifs is 1. The Morgan fingerprint density at radius 3 is 2.42 bits per heavy atom. The highest BCUT2D eigenvalue weighted by Gasteiger charge is 2.26. The molecule has 3 heterocycles. The van der Waals surface area contributed by atoms with E-state index in [-0.39, 0.29) is 0 Å². The molecule has 1 atom stereocenters. The zero-order valence-corrected chi connectivity index (χ0v) is 18.6. The van der Waals surface area contributed by atoms with Crippen molar-refractivity contribution in [2.45, 2.75) is 33.7 Å². The normalized spacial score (nSPS) is 16.8. The van der Waals surface area contributed by atoms with E-state index >= 15 is 0 Å². The van der Waals surface area contributed by atoms with Crippen LogP contribution in [-0.2, 0) is 0 Å². The molecule has 2 aromatic heterocycles. The summed E-state index contributed by atoms with van der Waals surface area (Å²) in [4.78, 5) is 14.1. The largest absolute Gasteiger partial charge is 0.365 e. The molecule has 0 amide bonds. The molecule has 1 fully saturated rings. The van der Waals surface area contributed by atoms with Crippen molar-refractivity contribution < 1.29 is 0 Å². The first kappa shape index (κ1) is 19.5. The first-order valence-electron chi connectivity index (χ1n) is 10.9. The molecule has 31 heavy (non-hydrogen) atoms. The Labute approximate surface area is 183 Å². The Kier molecular flexibility index (Phi) is 4.85. The van der Waals surface area contributed by atoms with Crippen LogP contribution in [0.5, 0.6) is 0 Å². The van der Waals surface area contributed by atoms with E-state index in [1.165, 1.54) is 22.4 Å². The molecule has 1 aliphatic heterocycles. The van der Waals surface area contributed by atoms with Crippen molar-refractivity contribution in [3.05, 3.63) is 71.7 Å². The van der Waals surface area contributed by atoms with E-state index in [9.17, 15) is 0 Å². The molecular formula is C25H28N6. The van der Waals surface area contributed by atoms with E-state index in [2.05, 4.69) is 95.0 Å². The molecular weight excluding hydrogens is 384 g/mol. The van der Waals surface area contributed by atoms with Crippen LogP contribution in [-0.4, -0.2) is 45.4 Å². The van der Waals surface area contributed by atoms with E-state index in [0.29, 0.717) is 6.04 Å². The molecule has 0 spiro atoms. The van der Waals surface area contributed by atoms with Crippen molar-refractivity contribution in [2.24, 2.45) is 0 Å². The number of aryl methyl sites for hydroxylation is 3. The smallest absolute Gasteiger partial charge is 0.168 e. The second-order valence-electron chi connectivity index (χ2n) is 8.60. The van der Waals surface area contributed by atoms with Gasteiger partial charge in [0.2, 0.25) is 0 Å². The molecule has 6 nitrogen and oxygen atoms in total. The SMILES string of the molecule is Cc1ccc(N2CCN(c3ncnc4c3cnn4-c3ccc(C)cc3C)C[C@@H]2C)cc1. The summed E-state index contributed by atoms with van der Waals surface area (Å²) in [5, 5.41) is 5.68. The summed E-state index contributed by atoms with van der Waals surface area (Å²) >= 11 is 0.